The molecule has 0 bridgehead atoms. The van der Waals surface area contributed by atoms with Gasteiger partial charge in [0.25, 0.3) is 0 Å². The van der Waals surface area contributed by atoms with Gasteiger partial charge >= 0.3 is 0 Å². The second kappa shape index (κ2) is 9.48. The SMILES string of the molecule is CC.CCc1ccc(C)s1.Cc1nsc(P)c1N. The van der Waals surface area contributed by atoms with E-state index in [-0.39, 0.29) is 0 Å². The second-order valence-corrected chi connectivity index (χ2v) is 6.59. The Morgan fingerprint density at radius 3 is 2.06 bits per heavy atom. The first kappa shape index (κ1) is 17.6. The smallest absolute Gasteiger partial charge is 0.0747 e. The van der Waals surface area contributed by atoms with Gasteiger partial charge < -0.3 is 5.73 Å². The fraction of sp³-hybridized carbons (Fsp3) is 0.462. The highest BCUT2D eigenvalue weighted by atomic mass is 32.1. The molecule has 2 aromatic rings. The average molecular weight is 302 g/mol. The Labute approximate surface area is 121 Å². The first-order valence-corrected chi connectivity index (χ1v) is 8.23. The highest BCUT2D eigenvalue weighted by Crippen LogP contribution is 2.14. The fourth-order valence-electron chi connectivity index (χ4n) is 1.07. The molecule has 0 saturated heterocycles. The van der Waals surface area contributed by atoms with Gasteiger partial charge in [0.15, 0.2) is 0 Å². The number of aryl methyl sites for hydroxylation is 3. The highest BCUT2D eigenvalue weighted by molar-refractivity contribution is 7.42. The molecule has 2 heterocycles. The van der Waals surface area contributed by atoms with Crippen molar-refractivity contribution in [3.63, 3.8) is 0 Å². The number of hydrogen-bond donors (Lipinski definition) is 1. The molecule has 2 aromatic heterocycles. The van der Waals surface area contributed by atoms with Crippen molar-refractivity contribution in [2.75, 3.05) is 5.73 Å². The summed E-state index contributed by atoms with van der Waals surface area (Å²) in [6, 6.07) is 4.36. The van der Waals surface area contributed by atoms with Gasteiger partial charge in [-0.1, -0.05) is 30.0 Å². The fourth-order valence-corrected chi connectivity index (χ4v) is 2.85. The van der Waals surface area contributed by atoms with Crippen molar-refractivity contribution in [1.29, 1.82) is 0 Å². The average Bonchev–Trinajstić information content (AvgIpc) is 2.94. The standard InChI is InChI=1S/C7H10S.C4H7N2PS.C2H6/c1-3-7-5-4-6(2)8-7;1-2-3(5)4(7)8-6-2;1-2/h4-5H,3H2,1-2H3;5,7H2,1H3;1-2H3. The van der Waals surface area contributed by atoms with Crippen molar-refractivity contribution in [1.82, 2.24) is 4.37 Å². The number of nitrogen functional groups attached to an aromatic ring is 1. The molecule has 0 aliphatic heterocycles. The summed E-state index contributed by atoms with van der Waals surface area (Å²) in [5.74, 6) is 0. The van der Waals surface area contributed by atoms with Crippen LogP contribution in [0.5, 0.6) is 0 Å². The molecule has 5 heteroatoms. The predicted octanol–water partition coefficient (Wildman–Crippen LogP) is 4.18. The quantitative estimate of drug-likeness (QED) is 0.803. The van der Waals surface area contributed by atoms with Gasteiger partial charge in [-0.25, -0.2) is 0 Å². The Hall–Kier alpha value is -0.440. The van der Waals surface area contributed by atoms with Crippen LogP contribution in [0.25, 0.3) is 0 Å². The molecule has 102 valence electrons. The van der Waals surface area contributed by atoms with E-state index >= 15 is 0 Å². The molecule has 0 aliphatic carbocycles. The Morgan fingerprint density at radius 2 is 1.89 bits per heavy atom. The van der Waals surface area contributed by atoms with Gasteiger partial charge in [-0.3, -0.25) is 0 Å². The first-order valence-electron chi connectivity index (χ1n) is 6.07. The molecule has 0 aromatic carbocycles. The van der Waals surface area contributed by atoms with Crippen LogP contribution < -0.4 is 10.4 Å². The van der Waals surface area contributed by atoms with Crippen molar-refractivity contribution in [3.8, 4) is 0 Å². The summed E-state index contributed by atoms with van der Waals surface area (Å²) in [6.07, 6.45) is 1.18. The summed E-state index contributed by atoms with van der Waals surface area (Å²) >= 11 is 3.31. The van der Waals surface area contributed by atoms with E-state index in [1.54, 1.807) is 0 Å². The van der Waals surface area contributed by atoms with Crippen molar-refractivity contribution in [3.05, 3.63) is 27.6 Å². The topological polar surface area (TPSA) is 38.9 Å². The molecule has 18 heavy (non-hydrogen) atoms. The zero-order valence-corrected chi connectivity index (χ0v) is 14.6. The van der Waals surface area contributed by atoms with Gasteiger partial charge in [-0.05, 0) is 43.9 Å². The molecule has 0 spiro atoms. The zero-order chi connectivity index (χ0) is 14.1. The van der Waals surface area contributed by atoms with Gasteiger partial charge in [-0.15, -0.1) is 11.3 Å². The third kappa shape index (κ3) is 5.94. The molecule has 2 N–H and O–H groups in total. The lowest BCUT2D eigenvalue weighted by molar-refractivity contribution is 1.19. The first-order chi connectivity index (χ1) is 8.54. The lowest BCUT2D eigenvalue weighted by Crippen LogP contribution is -1.94. The monoisotopic (exact) mass is 302 g/mol. The van der Waals surface area contributed by atoms with E-state index in [0.29, 0.717) is 0 Å². The van der Waals surface area contributed by atoms with E-state index < -0.39 is 0 Å². The van der Waals surface area contributed by atoms with Crippen molar-refractivity contribution in [2.45, 2.75) is 41.0 Å². The van der Waals surface area contributed by atoms with Crippen LogP contribution in [-0.4, -0.2) is 4.37 Å². The van der Waals surface area contributed by atoms with Gasteiger partial charge in [0, 0.05) is 9.75 Å². The summed E-state index contributed by atoms with van der Waals surface area (Å²) in [5.41, 5.74) is 7.27. The normalized spacial score (nSPS) is 9.00. The summed E-state index contributed by atoms with van der Waals surface area (Å²) < 4.78 is 5.04. The molecule has 0 aliphatic rings. The molecule has 2 rings (SSSR count). The number of thiophene rings is 1. The Morgan fingerprint density at radius 1 is 1.28 bits per heavy atom. The van der Waals surface area contributed by atoms with Crippen molar-refractivity contribution in [2.24, 2.45) is 0 Å². The summed E-state index contributed by atoms with van der Waals surface area (Å²) in [6.45, 7) is 10.2. The third-order valence-corrected chi connectivity index (χ3v) is 4.63. The van der Waals surface area contributed by atoms with Gasteiger partial charge in [0.05, 0.1) is 16.0 Å². The van der Waals surface area contributed by atoms with Crippen LogP contribution in [0, 0.1) is 13.8 Å². The maximum absolute atomic E-state index is 5.53. The number of aromatic nitrogens is 1. The summed E-state index contributed by atoms with van der Waals surface area (Å²) in [5, 5.41) is 0. The van der Waals surface area contributed by atoms with Crippen LogP contribution in [0.4, 0.5) is 5.69 Å². The van der Waals surface area contributed by atoms with Crippen LogP contribution >= 0.6 is 32.1 Å². The highest BCUT2D eigenvalue weighted by Gasteiger charge is 1.98. The zero-order valence-electron chi connectivity index (χ0n) is 11.8. The largest absolute Gasteiger partial charge is 0.396 e. The Bertz CT molecular complexity index is 430. The lowest BCUT2D eigenvalue weighted by atomic mass is 10.4. The van der Waals surface area contributed by atoms with E-state index in [1.165, 1.54) is 27.7 Å². The van der Waals surface area contributed by atoms with Crippen LogP contribution in [0.3, 0.4) is 0 Å². The van der Waals surface area contributed by atoms with E-state index in [9.17, 15) is 0 Å². The number of nitrogens with two attached hydrogens (primary N) is 1. The van der Waals surface area contributed by atoms with Crippen LogP contribution in [0.2, 0.25) is 0 Å². The Kier molecular flexibility index (Phi) is 9.25. The third-order valence-electron chi connectivity index (χ3n) is 2.08. The number of rotatable bonds is 1. The minimum atomic E-state index is 0.806. The molecule has 1 atom stereocenters. The maximum atomic E-state index is 5.53. The minimum absolute atomic E-state index is 0.806. The molecule has 0 amide bonds. The second-order valence-electron chi connectivity index (χ2n) is 3.41. The Balaban J connectivity index is 0.000000283. The van der Waals surface area contributed by atoms with Crippen LogP contribution in [0.1, 0.15) is 36.2 Å². The molecule has 2 nitrogen and oxygen atoms in total. The number of hydrogen-bond acceptors (Lipinski definition) is 4. The van der Waals surface area contributed by atoms with Crippen LogP contribution in [0.15, 0.2) is 12.1 Å². The predicted molar refractivity (Wildman–Crippen MR) is 90.4 cm³/mol. The minimum Gasteiger partial charge on any atom is -0.396 e. The molecular weight excluding hydrogens is 279 g/mol. The molecular formula is C13H23N2PS2. The van der Waals surface area contributed by atoms with Crippen molar-refractivity contribution < 1.29 is 0 Å². The van der Waals surface area contributed by atoms with E-state index in [2.05, 4.69) is 39.6 Å². The van der Waals surface area contributed by atoms with Gasteiger partial charge in [-0.2, -0.15) is 4.37 Å². The molecule has 0 radical (unpaired) electrons. The van der Waals surface area contributed by atoms with E-state index in [1.807, 2.05) is 32.1 Å². The molecule has 0 saturated carbocycles. The van der Waals surface area contributed by atoms with Gasteiger partial charge in [0.1, 0.15) is 0 Å². The maximum Gasteiger partial charge on any atom is 0.0747 e. The van der Waals surface area contributed by atoms with Crippen molar-refractivity contribution >= 4 is 42.4 Å². The number of nitrogens with zero attached hydrogens (tertiary/aromatic N) is 1. The van der Waals surface area contributed by atoms with Gasteiger partial charge in [0.2, 0.25) is 0 Å². The molecule has 1 unspecified atom stereocenters. The van der Waals surface area contributed by atoms with E-state index in [0.717, 1.165) is 16.0 Å². The summed E-state index contributed by atoms with van der Waals surface area (Å²) in [4.78, 5) is 2.91. The van der Waals surface area contributed by atoms with Crippen LogP contribution in [-0.2, 0) is 6.42 Å². The van der Waals surface area contributed by atoms with E-state index in [4.69, 9.17) is 5.73 Å². The molecule has 0 fully saturated rings. The number of anilines is 1. The summed E-state index contributed by atoms with van der Waals surface area (Å²) in [7, 11) is 2.54. The lowest BCUT2D eigenvalue weighted by Gasteiger charge is -1.84.